The van der Waals surface area contributed by atoms with E-state index in [4.69, 9.17) is 4.98 Å². The topological polar surface area (TPSA) is 87.2 Å². The number of hydrogen-bond acceptors (Lipinski definition) is 5. The molecule has 0 spiro atoms. The Morgan fingerprint density at radius 1 is 0.943 bits per heavy atom. The van der Waals surface area contributed by atoms with Crippen LogP contribution in [0.3, 0.4) is 0 Å². The number of aromatic nitrogens is 2. The van der Waals surface area contributed by atoms with E-state index < -0.39 is 0 Å². The van der Waals surface area contributed by atoms with Crippen molar-refractivity contribution in [2.45, 2.75) is 18.9 Å². The van der Waals surface area contributed by atoms with Crippen LogP contribution in [0.5, 0.6) is 0 Å². The number of fused-ring (bicyclic) bond motifs is 1. The summed E-state index contributed by atoms with van der Waals surface area (Å²) in [5, 5.41) is 6.97. The number of piperidine rings is 1. The smallest absolute Gasteiger partial charge is 0.252 e. The maximum Gasteiger partial charge on any atom is 0.252 e. The van der Waals surface area contributed by atoms with Crippen LogP contribution in [0.2, 0.25) is 0 Å². The molecule has 2 N–H and O–H groups in total. The Kier molecular flexibility index (Phi) is 6.77. The molecule has 1 saturated heterocycles. The number of nitrogens with one attached hydrogen (secondary N) is 2. The number of pyridine rings is 2. The van der Waals surface area contributed by atoms with Gasteiger partial charge in [0.2, 0.25) is 5.91 Å². The van der Waals surface area contributed by atoms with E-state index in [9.17, 15) is 9.59 Å². The second-order valence-electron chi connectivity index (χ2n) is 8.75. The van der Waals surface area contributed by atoms with Crippen LogP contribution in [0, 0.1) is 0 Å². The number of hydrogen-bond donors (Lipinski definition) is 2. The fourth-order valence-corrected chi connectivity index (χ4v) is 4.45. The highest BCUT2D eigenvalue weighted by molar-refractivity contribution is 6.07. The number of para-hydroxylation sites is 2. The van der Waals surface area contributed by atoms with Crippen molar-refractivity contribution < 1.29 is 9.59 Å². The van der Waals surface area contributed by atoms with Crippen LogP contribution in [0.25, 0.3) is 22.2 Å². The number of benzene rings is 2. The maximum atomic E-state index is 13.3. The molecule has 1 fully saturated rings. The molecule has 0 bridgehead atoms. The van der Waals surface area contributed by atoms with Gasteiger partial charge in [-0.2, -0.15) is 0 Å². The molecule has 0 atom stereocenters. The zero-order valence-corrected chi connectivity index (χ0v) is 19.4. The monoisotopic (exact) mass is 465 g/mol. The van der Waals surface area contributed by atoms with E-state index in [1.807, 2.05) is 72.8 Å². The van der Waals surface area contributed by atoms with E-state index in [1.165, 1.54) is 0 Å². The number of anilines is 1. The van der Waals surface area contributed by atoms with Gasteiger partial charge in [0.15, 0.2) is 0 Å². The summed E-state index contributed by atoms with van der Waals surface area (Å²) in [5.74, 6) is -0.126. The lowest BCUT2D eigenvalue weighted by Gasteiger charge is -2.32. The number of likely N-dealkylation sites (tertiary alicyclic amines) is 1. The van der Waals surface area contributed by atoms with Crippen molar-refractivity contribution in [2.24, 2.45) is 0 Å². The average Bonchev–Trinajstić information content (AvgIpc) is 2.90. The van der Waals surface area contributed by atoms with Gasteiger partial charge in [-0.25, -0.2) is 4.98 Å². The Bertz CT molecular complexity index is 1320. The predicted molar refractivity (Wildman–Crippen MR) is 137 cm³/mol. The molecule has 2 aromatic heterocycles. The number of carbonyl (C=O) groups is 2. The van der Waals surface area contributed by atoms with Crippen LogP contribution in [0.4, 0.5) is 5.69 Å². The predicted octanol–water partition coefficient (Wildman–Crippen LogP) is 4.13. The van der Waals surface area contributed by atoms with E-state index in [0.29, 0.717) is 12.1 Å². The SMILES string of the molecule is O=C(CN1CCC(NC(=O)c2cc(-c3cccnc3)nc3ccccc23)CC1)Nc1ccccc1. The Hall–Kier alpha value is -4.10. The first-order valence-corrected chi connectivity index (χ1v) is 11.8. The lowest BCUT2D eigenvalue weighted by molar-refractivity contribution is -0.117. The van der Waals surface area contributed by atoms with E-state index >= 15 is 0 Å². The second kappa shape index (κ2) is 10.4. The van der Waals surface area contributed by atoms with Crippen molar-refractivity contribution in [3.05, 3.63) is 90.8 Å². The third kappa shape index (κ3) is 5.53. The summed E-state index contributed by atoms with van der Waals surface area (Å²) in [6.45, 7) is 1.86. The van der Waals surface area contributed by atoms with Crippen molar-refractivity contribution in [1.82, 2.24) is 20.2 Å². The summed E-state index contributed by atoms with van der Waals surface area (Å²) in [4.78, 5) is 36.8. The average molecular weight is 466 g/mol. The summed E-state index contributed by atoms with van der Waals surface area (Å²) in [6, 6.07) is 22.9. The van der Waals surface area contributed by atoms with Gasteiger partial charge < -0.3 is 10.6 Å². The van der Waals surface area contributed by atoms with E-state index in [2.05, 4.69) is 20.5 Å². The molecule has 7 heteroatoms. The summed E-state index contributed by atoms with van der Waals surface area (Å²) in [5.41, 5.74) is 3.78. The van der Waals surface area contributed by atoms with Crippen LogP contribution in [-0.4, -0.2) is 52.4 Å². The lowest BCUT2D eigenvalue weighted by atomic mass is 10.0. The Labute approximate surface area is 204 Å². The maximum absolute atomic E-state index is 13.3. The molecule has 2 aromatic carbocycles. The Morgan fingerprint density at radius 3 is 2.49 bits per heavy atom. The molecule has 0 unspecified atom stereocenters. The van der Waals surface area contributed by atoms with Gasteiger partial charge in [-0.1, -0.05) is 36.4 Å². The first kappa shape index (κ1) is 22.7. The third-order valence-corrected chi connectivity index (χ3v) is 6.27. The zero-order chi connectivity index (χ0) is 24.0. The van der Waals surface area contributed by atoms with Crippen molar-refractivity contribution in [3.8, 4) is 11.3 Å². The first-order chi connectivity index (χ1) is 17.2. The minimum atomic E-state index is -0.103. The van der Waals surface area contributed by atoms with Crippen LogP contribution < -0.4 is 10.6 Å². The third-order valence-electron chi connectivity index (χ3n) is 6.27. The minimum Gasteiger partial charge on any atom is -0.349 e. The number of carbonyl (C=O) groups excluding carboxylic acids is 2. The summed E-state index contributed by atoms with van der Waals surface area (Å²) in [7, 11) is 0. The highest BCUT2D eigenvalue weighted by Crippen LogP contribution is 2.25. The zero-order valence-electron chi connectivity index (χ0n) is 19.4. The van der Waals surface area contributed by atoms with E-state index in [0.717, 1.165) is 53.8 Å². The van der Waals surface area contributed by atoms with Gasteiger partial charge in [0.05, 0.1) is 23.3 Å². The van der Waals surface area contributed by atoms with Gasteiger partial charge in [0.25, 0.3) is 5.91 Å². The highest BCUT2D eigenvalue weighted by Gasteiger charge is 2.23. The fourth-order valence-electron chi connectivity index (χ4n) is 4.45. The van der Waals surface area contributed by atoms with Gasteiger partial charge in [-0.15, -0.1) is 0 Å². The summed E-state index contributed by atoms with van der Waals surface area (Å²) >= 11 is 0. The Morgan fingerprint density at radius 2 is 1.71 bits per heavy atom. The largest absolute Gasteiger partial charge is 0.349 e. The summed E-state index contributed by atoms with van der Waals surface area (Å²) < 4.78 is 0. The van der Waals surface area contributed by atoms with Crippen LogP contribution in [0.1, 0.15) is 23.2 Å². The quantitative estimate of drug-likeness (QED) is 0.447. The van der Waals surface area contributed by atoms with Gasteiger partial charge >= 0.3 is 0 Å². The molecule has 0 aliphatic carbocycles. The van der Waals surface area contributed by atoms with Gasteiger partial charge in [0.1, 0.15) is 0 Å². The van der Waals surface area contributed by atoms with Crippen molar-refractivity contribution in [3.63, 3.8) is 0 Å². The molecule has 1 aliphatic rings. The number of rotatable bonds is 6. The lowest BCUT2D eigenvalue weighted by Crippen LogP contribution is -2.46. The molecule has 0 radical (unpaired) electrons. The molecule has 2 amide bonds. The van der Waals surface area contributed by atoms with E-state index in [-0.39, 0.29) is 17.9 Å². The molecule has 35 heavy (non-hydrogen) atoms. The summed E-state index contributed by atoms with van der Waals surface area (Å²) in [6.07, 6.45) is 5.06. The van der Waals surface area contributed by atoms with Crippen molar-refractivity contribution >= 4 is 28.4 Å². The highest BCUT2D eigenvalue weighted by atomic mass is 16.2. The second-order valence-corrected chi connectivity index (χ2v) is 8.75. The van der Waals surface area contributed by atoms with Crippen molar-refractivity contribution in [1.29, 1.82) is 0 Å². The molecule has 5 rings (SSSR count). The van der Waals surface area contributed by atoms with Crippen molar-refractivity contribution in [2.75, 3.05) is 25.0 Å². The van der Waals surface area contributed by atoms with Crippen LogP contribution >= 0.6 is 0 Å². The van der Waals surface area contributed by atoms with Gasteiger partial charge in [-0.05, 0) is 49.2 Å². The molecule has 1 aliphatic heterocycles. The first-order valence-electron chi connectivity index (χ1n) is 11.8. The standard InChI is InChI=1S/C28H27N5O2/c34-27(30-21-8-2-1-3-9-21)19-33-15-12-22(13-16-33)31-28(35)24-17-26(20-7-6-14-29-18-20)32-25-11-5-4-10-23(24)25/h1-11,14,17-18,22H,12-13,15-16,19H2,(H,30,34)(H,31,35). The van der Waals surface area contributed by atoms with Gasteiger partial charge in [0, 0.05) is 48.2 Å². The molecule has 4 aromatic rings. The normalized spacial score (nSPS) is 14.5. The molecular formula is C28H27N5O2. The number of amides is 2. The van der Waals surface area contributed by atoms with Gasteiger partial charge in [-0.3, -0.25) is 19.5 Å². The molecule has 7 nitrogen and oxygen atoms in total. The molecular weight excluding hydrogens is 438 g/mol. The minimum absolute atomic E-state index is 0.0233. The molecule has 0 saturated carbocycles. The van der Waals surface area contributed by atoms with Crippen LogP contribution in [-0.2, 0) is 4.79 Å². The van der Waals surface area contributed by atoms with Crippen LogP contribution in [0.15, 0.2) is 85.2 Å². The molecule has 3 heterocycles. The molecule has 176 valence electrons. The Balaban J connectivity index is 1.23. The number of nitrogens with zero attached hydrogens (tertiary/aromatic N) is 3. The van der Waals surface area contributed by atoms with E-state index in [1.54, 1.807) is 12.4 Å². The fraction of sp³-hybridized carbons (Fsp3) is 0.214.